The zero-order chi connectivity index (χ0) is 21.4. The van der Waals surface area contributed by atoms with Crippen LogP contribution in [0.4, 0.5) is 11.5 Å². The Bertz CT molecular complexity index is 1220. The molecule has 5 rings (SSSR count). The molecule has 0 bridgehead atoms. The molecular formula is C23H21N5O3. The van der Waals surface area contributed by atoms with Crippen molar-refractivity contribution in [3.63, 3.8) is 0 Å². The molecule has 0 amide bonds. The second-order valence-corrected chi connectivity index (χ2v) is 7.17. The van der Waals surface area contributed by atoms with Crippen LogP contribution in [0.3, 0.4) is 0 Å². The van der Waals surface area contributed by atoms with Gasteiger partial charge in [0.1, 0.15) is 23.6 Å². The summed E-state index contributed by atoms with van der Waals surface area (Å²) in [5, 5.41) is 10.8. The van der Waals surface area contributed by atoms with Gasteiger partial charge in [0.2, 0.25) is 11.8 Å². The molecule has 1 atom stereocenters. The first-order valence-corrected chi connectivity index (χ1v) is 9.80. The van der Waals surface area contributed by atoms with Crippen molar-refractivity contribution in [2.24, 2.45) is 0 Å². The van der Waals surface area contributed by atoms with Gasteiger partial charge in [-0.25, -0.2) is 9.97 Å². The molecule has 31 heavy (non-hydrogen) atoms. The summed E-state index contributed by atoms with van der Waals surface area (Å²) in [7, 11) is 3.30. The molecule has 3 heterocycles. The van der Waals surface area contributed by atoms with E-state index in [1.807, 2.05) is 55.5 Å². The van der Waals surface area contributed by atoms with Crippen molar-refractivity contribution in [2.45, 2.75) is 12.8 Å². The van der Waals surface area contributed by atoms with Crippen molar-refractivity contribution < 1.29 is 14.2 Å². The number of hydrogen-bond donors (Lipinski definition) is 2. The molecule has 0 fully saturated rings. The van der Waals surface area contributed by atoms with Crippen LogP contribution in [0.25, 0.3) is 0 Å². The Balaban J connectivity index is 1.64. The molecule has 1 aliphatic heterocycles. The average molecular weight is 415 g/mol. The number of aromatic amines is 1. The van der Waals surface area contributed by atoms with Gasteiger partial charge in [0.25, 0.3) is 0 Å². The highest BCUT2D eigenvalue weighted by atomic mass is 16.5. The summed E-state index contributed by atoms with van der Waals surface area (Å²) in [4.78, 5) is 8.93. The minimum Gasteiger partial charge on any atom is -0.497 e. The van der Waals surface area contributed by atoms with Gasteiger partial charge in [0, 0.05) is 16.9 Å². The SMILES string of the molecule is COc1ccc(Nc2ncnc3c2C(c2ccc(OC)cc2)c2c(n[nH]c2C)O3)cc1. The number of nitrogens with zero attached hydrogens (tertiary/aromatic N) is 3. The molecular weight excluding hydrogens is 394 g/mol. The van der Waals surface area contributed by atoms with Crippen LogP contribution >= 0.6 is 0 Å². The fourth-order valence-electron chi connectivity index (χ4n) is 3.83. The second-order valence-electron chi connectivity index (χ2n) is 7.17. The monoisotopic (exact) mass is 415 g/mol. The molecule has 8 nitrogen and oxygen atoms in total. The third kappa shape index (κ3) is 3.31. The lowest BCUT2D eigenvalue weighted by Gasteiger charge is -2.27. The highest BCUT2D eigenvalue weighted by Gasteiger charge is 2.36. The van der Waals surface area contributed by atoms with E-state index >= 15 is 0 Å². The van der Waals surface area contributed by atoms with Crippen molar-refractivity contribution >= 4 is 11.5 Å². The van der Waals surface area contributed by atoms with E-state index in [0.717, 1.165) is 39.6 Å². The van der Waals surface area contributed by atoms with Crippen molar-refractivity contribution in [2.75, 3.05) is 19.5 Å². The summed E-state index contributed by atoms with van der Waals surface area (Å²) in [5.74, 6) is 3.09. The van der Waals surface area contributed by atoms with Crippen LogP contribution in [0, 0.1) is 6.92 Å². The summed E-state index contributed by atoms with van der Waals surface area (Å²) < 4.78 is 16.6. The zero-order valence-electron chi connectivity index (χ0n) is 17.3. The Morgan fingerprint density at radius 1 is 0.871 bits per heavy atom. The fraction of sp³-hybridized carbons (Fsp3) is 0.174. The van der Waals surface area contributed by atoms with E-state index in [0.29, 0.717) is 17.6 Å². The number of H-pyrrole nitrogens is 1. The number of nitrogens with one attached hydrogen (secondary N) is 2. The largest absolute Gasteiger partial charge is 0.497 e. The van der Waals surface area contributed by atoms with E-state index in [1.54, 1.807) is 14.2 Å². The molecule has 2 N–H and O–H groups in total. The quantitative estimate of drug-likeness (QED) is 0.435. The third-order valence-electron chi connectivity index (χ3n) is 5.38. The lowest BCUT2D eigenvalue weighted by molar-refractivity contribution is 0.413. The summed E-state index contributed by atoms with van der Waals surface area (Å²) in [6.07, 6.45) is 1.49. The van der Waals surface area contributed by atoms with E-state index in [4.69, 9.17) is 14.2 Å². The van der Waals surface area contributed by atoms with Crippen molar-refractivity contribution in [1.82, 2.24) is 20.2 Å². The van der Waals surface area contributed by atoms with E-state index < -0.39 is 0 Å². The minimum absolute atomic E-state index is 0.162. The van der Waals surface area contributed by atoms with Crippen LogP contribution in [0.2, 0.25) is 0 Å². The molecule has 0 radical (unpaired) electrons. The average Bonchev–Trinajstić information content (AvgIpc) is 3.18. The van der Waals surface area contributed by atoms with Gasteiger partial charge in [0.15, 0.2) is 0 Å². The van der Waals surface area contributed by atoms with Gasteiger partial charge in [-0.3, -0.25) is 5.10 Å². The first-order chi connectivity index (χ1) is 15.2. The molecule has 0 saturated heterocycles. The molecule has 0 aliphatic carbocycles. The predicted octanol–water partition coefficient (Wildman–Crippen LogP) is 4.55. The van der Waals surface area contributed by atoms with Crippen molar-refractivity contribution in [3.05, 3.63) is 77.2 Å². The molecule has 156 valence electrons. The molecule has 0 saturated carbocycles. The number of aryl methyl sites for hydroxylation is 1. The molecule has 1 unspecified atom stereocenters. The zero-order valence-corrected chi connectivity index (χ0v) is 17.3. The maximum atomic E-state index is 6.03. The Hall–Kier alpha value is -4.07. The minimum atomic E-state index is -0.162. The van der Waals surface area contributed by atoms with Gasteiger partial charge in [0.05, 0.1) is 25.7 Å². The van der Waals surface area contributed by atoms with Crippen LogP contribution < -0.4 is 19.5 Å². The number of aromatic nitrogens is 4. The van der Waals surface area contributed by atoms with Crippen molar-refractivity contribution in [3.8, 4) is 23.3 Å². The lowest BCUT2D eigenvalue weighted by atomic mass is 9.84. The third-order valence-corrected chi connectivity index (χ3v) is 5.38. The Kier molecular flexibility index (Phi) is 4.66. The van der Waals surface area contributed by atoms with Crippen LogP contribution in [-0.4, -0.2) is 34.4 Å². The Morgan fingerprint density at radius 2 is 1.55 bits per heavy atom. The fourth-order valence-corrected chi connectivity index (χ4v) is 3.83. The van der Waals surface area contributed by atoms with Gasteiger partial charge in [-0.1, -0.05) is 12.1 Å². The molecule has 4 aromatic rings. The van der Waals surface area contributed by atoms with E-state index in [1.165, 1.54) is 6.33 Å². The van der Waals surface area contributed by atoms with Crippen LogP contribution in [0.15, 0.2) is 54.9 Å². The maximum absolute atomic E-state index is 6.03. The number of benzene rings is 2. The number of ether oxygens (including phenoxy) is 3. The topological polar surface area (TPSA) is 94.2 Å². The number of fused-ring (bicyclic) bond motifs is 2. The predicted molar refractivity (Wildman–Crippen MR) is 116 cm³/mol. The highest BCUT2D eigenvalue weighted by molar-refractivity contribution is 5.68. The van der Waals surface area contributed by atoms with Gasteiger partial charge in [-0.05, 0) is 48.9 Å². The smallest absolute Gasteiger partial charge is 0.244 e. The molecule has 8 heteroatoms. The van der Waals surface area contributed by atoms with Crippen LogP contribution in [0.1, 0.15) is 28.3 Å². The van der Waals surface area contributed by atoms with Crippen LogP contribution in [-0.2, 0) is 0 Å². The van der Waals surface area contributed by atoms with Crippen LogP contribution in [0.5, 0.6) is 23.3 Å². The molecule has 2 aromatic carbocycles. The molecule has 1 aliphatic rings. The molecule has 0 spiro atoms. The number of methoxy groups -OCH3 is 2. The summed E-state index contributed by atoms with van der Waals surface area (Å²) in [6, 6.07) is 15.6. The normalized spacial score (nSPS) is 14.2. The summed E-state index contributed by atoms with van der Waals surface area (Å²) >= 11 is 0. The number of rotatable bonds is 5. The number of anilines is 2. The Labute approximate surface area is 179 Å². The van der Waals surface area contributed by atoms with Gasteiger partial charge in [-0.2, -0.15) is 0 Å². The lowest BCUT2D eigenvalue weighted by Crippen LogP contribution is -2.16. The van der Waals surface area contributed by atoms with Gasteiger partial charge < -0.3 is 19.5 Å². The van der Waals surface area contributed by atoms with E-state index in [9.17, 15) is 0 Å². The highest BCUT2D eigenvalue weighted by Crippen LogP contribution is 2.49. The standard InChI is InChI=1S/C23H21N5O3/c1-13-18-19(14-4-8-16(29-2)9-5-14)20-21(26-15-6-10-17(30-3)11-7-15)24-12-25-22(20)31-23(18)28-27-13/h4-12,19H,1-3H3,(H,27,28)(H,24,25,26). The summed E-state index contributed by atoms with van der Waals surface area (Å²) in [5.41, 5.74) is 4.68. The molecule has 2 aromatic heterocycles. The van der Waals surface area contributed by atoms with Crippen molar-refractivity contribution in [1.29, 1.82) is 0 Å². The maximum Gasteiger partial charge on any atom is 0.244 e. The van der Waals surface area contributed by atoms with Gasteiger partial charge >= 0.3 is 0 Å². The van der Waals surface area contributed by atoms with E-state index in [2.05, 4.69) is 25.5 Å². The first-order valence-electron chi connectivity index (χ1n) is 9.80. The summed E-state index contributed by atoms with van der Waals surface area (Å²) in [6.45, 7) is 1.98. The second kappa shape index (κ2) is 7.64. The first kappa shape index (κ1) is 18.9. The van der Waals surface area contributed by atoms with E-state index in [-0.39, 0.29) is 5.92 Å². The van der Waals surface area contributed by atoms with Gasteiger partial charge in [-0.15, -0.1) is 5.10 Å². The Morgan fingerprint density at radius 3 is 2.23 bits per heavy atom. The number of hydrogen-bond acceptors (Lipinski definition) is 7.